The van der Waals surface area contributed by atoms with E-state index in [0.717, 1.165) is 32.7 Å². The predicted molar refractivity (Wildman–Crippen MR) is 139 cm³/mol. The van der Waals surface area contributed by atoms with Crippen LogP contribution in [0.2, 0.25) is 0 Å². The number of hydrogen-bond acceptors (Lipinski definition) is 6. The molecule has 4 rings (SSSR count). The summed E-state index contributed by atoms with van der Waals surface area (Å²) in [4.78, 5) is 12.5. The number of amides is 1. The van der Waals surface area contributed by atoms with E-state index in [1.165, 1.54) is 11.8 Å². The minimum absolute atomic E-state index is 0.139. The Morgan fingerprint density at radius 3 is 2.41 bits per heavy atom. The second-order valence-corrected chi connectivity index (χ2v) is 9.09. The van der Waals surface area contributed by atoms with Gasteiger partial charge < -0.3 is 4.74 Å². The lowest BCUT2D eigenvalue weighted by Crippen LogP contribution is -2.21. The Bertz CT molecular complexity index is 1290. The Balaban J connectivity index is 1.52. The minimum Gasteiger partial charge on any atom is -0.497 e. The summed E-state index contributed by atoms with van der Waals surface area (Å²) in [5, 5.41) is 13.6. The van der Waals surface area contributed by atoms with Crippen LogP contribution >= 0.6 is 27.7 Å². The summed E-state index contributed by atoms with van der Waals surface area (Å²) in [6, 6.07) is 25.2. The molecule has 1 N–H and O–H groups in total. The van der Waals surface area contributed by atoms with Crippen LogP contribution in [0.1, 0.15) is 12.5 Å². The first-order valence-electron chi connectivity index (χ1n) is 10.4. The van der Waals surface area contributed by atoms with Gasteiger partial charge in [-0.3, -0.25) is 9.36 Å². The number of carbonyl (C=O) groups is 1. The standard InChI is InChI=1S/C25H22BrN5O2S/c1-17(18-8-10-20(26)11-9-18)27-28-23(32)16-34-25-30-29-24(19-6-4-3-5-7-19)31(25)21-12-14-22(33-2)15-13-21/h3-15H,16H2,1-2H3,(H,28,32). The van der Waals surface area contributed by atoms with Gasteiger partial charge in [-0.2, -0.15) is 5.10 Å². The van der Waals surface area contributed by atoms with Gasteiger partial charge in [0.2, 0.25) is 0 Å². The van der Waals surface area contributed by atoms with Crippen molar-refractivity contribution in [3.8, 4) is 22.8 Å². The maximum absolute atomic E-state index is 12.5. The van der Waals surface area contributed by atoms with Gasteiger partial charge in [0.25, 0.3) is 5.91 Å². The lowest BCUT2D eigenvalue weighted by Gasteiger charge is -2.11. The highest BCUT2D eigenvalue weighted by Crippen LogP contribution is 2.28. The maximum atomic E-state index is 12.5. The number of carbonyl (C=O) groups excluding carboxylic acids is 1. The summed E-state index contributed by atoms with van der Waals surface area (Å²) in [5.41, 5.74) is 6.07. The number of nitrogens with one attached hydrogen (secondary N) is 1. The molecule has 9 heteroatoms. The molecule has 1 amide bonds. The van der Waals surface area contributed by atoms with Crippen LogP contribution in [0.25, 0.3) is 17.1 Å². The molecule has 7 nitrogen and oxygen atoms in total. The number of hydrogen-bond donors (Lipinski definition) is 1. The molecular formula is C25H22BrN5O2S. The summed E-state index contributed by atoms with van der Waals surface area (Å²) in [6.45, 7) is 1.85. The van der Waals surface area contributed by atoms with E-state index in [0.29, 0.717) is 11.0 Å². The zero-order valence-electron chi connectivity index (χ0n) is 18.6. The first kappa shape index (κ1) is 23.7. The Morgan fingerprint density at radius 2 is 1.74 bits per heavy atom. The fraction of sp³-hybridized carbons (Fsp3) is 0.120. The smallest absolute Gasteiger partial charge is 0.250 e. The van der Waals surface area contributed by atoms with Crippen LogP contribution in [0.5, 0.6) is 5.75 Å². The molecule has 34 heavy (non-hydrogen) atoms. The van der Waals surface area contributed by atoms with Crippen LogP contribution in [0.15, 0.2) is 93.6 Å². The number of nitrogens with zero attached hydrogens (tertiary/aromatic N) is 4. The van der Waals surface area contributed by atoms with E-state index < -0.39 is 0 Å². The summed E-state index contributed by atoms with van der Waals surface area (Å²) in [7, 11) is 1.63. The number of ether oxygens (including phenoxy) is 1. The molecule has 1 aromatic heterocycles. The average Bonchev–Trinajstić information content (AvgIpc) is 3.31. The minimum atomic E-state index is -0.230. The molecule has 0 saturated carbocycles. The molecule has 172 valence electrons. The number of benzene rings is 3. The fourth-order valence-electron chi connectivity index (χ4n) is 3.17. The predicted octanol–water partition coefficient (Wildman–Crippen LogP) is 5.34. The summed E-state index contributed by atoms with van der Waals surface area (Å²) in [5.74, 6) is 1.36. The summed E-state index contributed by atoms with van der Waals surface area (Å²) < 4.78 is 8.20. The highest BCUT2D eigenvalue weighted by molar-refractivity contribution is 9.10. The second-order valence-electron chi connectivity index (χ2n) is 7.23. The van der Waals surface area contributed by atoms with Crippen molar-refractivity contribution >= 4 is 39.3 Å². The molecular weight excluding hydrogens is 514 g/mol. The van der Waals surface area contributed by atoms with E-state index in [9.17, 15) is 4.79 Å². The van der Waals surface area contributed by atoms with E-state index >= 15 is 0 Å². The van der Waals surface area contributed by atoms with Crippen LogP contribution in [0.3, 0.4) is 0 Å². The van der Waals surface area contributed by atoms with Gasteiger partial charge in [0.1, 0.15) is 5.75 Å². The SMILES string of the molecule is COc1ccc(-n2c(SCC(=O)NN=C(C)c3ccc(Br)cc3)nnc2-c2ccccc2)cc1. The van der Waals surface area contributed by atoms with Crippen LogP contribution < -0.4 is 10.2 Å². The molecule has 3 aromatic carbocycles. The molecule has 0 saturated heterocycles. The molecule has 0 atom stereocenters. The average molecular weight is 536 g/mol. The van der Waals surface area contributed by atoms with E-state index in [1.807, 2.05) is 90.4 Å². The normalized spacial score (nSPS) is 11.3. The zero-order valence-corrected chi connectivity index (χ0v) is 21.0. The number of methoxy groups -OCH3 is 1. The van der Waals surface area contributed by atoms with E-state index in [1.54, 1.807) is 7.11 Å². The van der Waals surface area contributed by atoms with E-state index in [4.69, 9.17) is 4.74 Å². The van der Waals surface area contributed by atoms with Gasteiger partial charge in [-0.1, -0.05) is 70.2 Å². The highest BCUT2D eigenvalue weighted by Gasteiger charge is 2.17. The van der Waals surface area contributed by atoms with Crippen LogP contribution in [0, 0.1) is 0 Å². The third-order valence-electron chi connectivity index (χ3n) is 4.94. The van der Waals surface area contributed by atoms with Gasteiger partial charge >= 0.3 is 0 Å². The Morgan fingerprint density at radius 1 is 1.03 bits per heavy atom. The molecule has 1 heterocycles. The van der Waals surface area contributed by atoms with Gasteiger partial charge in [-0.25, -0.2) is 5.43 Å². The van der Waals surface area contributed by atoms with E-state index in [-0.39, 0.29) is 11.7 Å². The van der Waals surface area contributed by atoms with Gasteiger partial charge in [-0.15, -0.1) is 10.2 Å². The number of rotatable bonds is 8. The third-order valence-corrected chi connectivity index (χ3v) is 6.40. The monoisotopic (exact) mass is 535 g/mol. The van der Waals surface area contributed by atoms with E-state index in [2.05, 4.69) is 36.7 Å². The molecule has 0 aliphatic rings. The summed E-state index contributed by atoms with van der Waals surface area (Å²) >= 11 is 4.71. The van der Waals surface area contributed by atoms with Crippen molar-refractivity contribution in [2.24, 2.45) is 5.10 Å². The molecule has 4 aromatic rings. The van der Waals surface area contributed by atoms with Crippen molar-refractivity contribution in [3.05, 3.63) is 88.9 Å². The zero-order chi connectivity index (χ0) is 23.9. The molecule has 0 unspecified atom stereocenters. The van der Waals surface area contributed by atoms with Crippen LogP contribution in [0.4, 0.5) is 0 Å². The van der Waals surface area contributed by atoms with Crippen molar-refractivity contribution < 1.29 is 9.53 Å². The first-order valence-corrected chi connectivity index (χ1v) is 12.2. The maximum Gasteiger partial charge on any atom is 0.250 e. The van der Waals surface area contributed by atoms with Crippen molar-refractivity contribution in [3.63, 3.8) is 0 Å². The van der Waals surface area contributed by atoms with Gasteiger partial charge in [-0.05, 0) is 48.9 Å². The van der Waals surface area contributed by atoms with Crippen LogP contribution in [-0.4, -0.2) is 39.2 Å². The van der Waals surface area contributed by atoms with Gasteiger partial charge in [0.15, 0.2) is 11.0 Å². The van der Waals surface area contributed by atoms with Gasteiger partial charge in [0.05, 0.1) is 18.6 Å². The number of thioether (sulfide) groups is 1. The van der Waals surface area contributed by atoms with Crippen molar-refractivity contribution in [1.29, 1.82) is 0 Å². The van der Waals surface area contributed by atoms with Crippen LogP contribution in [-0.2, 0) is 4.79 Å². The largest absolute Gasteiger partial charge is 0.497 e. The number of aromatic nitrogens is 3. The molecule has 0 fully saturated rings. The quantitative estimate of drug-likeness (QED) is 0.187. The Labute approximate surface area is 210 Å². The lowest BCUT2D eigenvalue weighted by atomic mass is 10.1. The molecule has 0 radical (unpaired) electrons. The molecule has 0 aliphatic carbocycles. The topological polar surface area (TPSA) is 81.4 Å². The molecule has 0 aliphatic heterocycles. The third kappa shape index (κ3) is 5.73. The van der Waals surface area contributed by atoms with Gasteiger partial charge in [0, 0.05) is 15.7 Å². The fourth-order valence-corrected chi connectivity index (χ4v) is 4.17. The van der Waals surface area contributed by atoms with Crippen molar-refractivity contribution in [2.75, 3.05) is 12.9 Å². The van der Waals surface area contributed by atoms with Crippen molar-refractivity contribution in [1.82, 2.24) is 20.2 Å². The molecule has 0 bridgehead atoms. The highest BCUT2D eigenvalue weighted by atomic mass is 79.9. The van der Waals surface area contributed by atoms with Crippen molar-refractivity contribution in [2.45, 2.75) is 12.1 Å². The Kier molecular flexibility index (Phi) is 7.76. The Hall–Kier alpha value is -3.43. The number of halogens is 1. The summed E-state index contributed by atoms with van der Waals surface area (Å²) in [6.07, 6.45) is 0. The number of hydrazone groups is 1. The molecule has 0 spiro atoms. The second kappa shape index (κ2) is 11.1. The first-order chi connectivity index (χ1) is 16.5. The lowest BCUT2D eigenvalue weighted by molar-refractivity contribution is -0.118.